The fourth-order valence-electron chi connectivity index (χ4n) is 0.741. The summed E-state index contributed by atoms with van der Waals surface area (Å²) in [7, 11) is 0. The number of epoxide rings is 1. The van der Waals surface area contributed by atoms with E-state index in [0.29, 0.717) is 12.5 Å². The van der Waals surface area contributed by atoms with E-state index in [0.717, 1.165) is 6.61 Å². The number of rotatable bonds is 3. The molecule has 12 heavy (non-hydrogen) atoms. The minimum absolute atomic E-state index is 0.211. The molecule has 0 aromatic carbocycles. The van der Waals surface area contributed by atoms with Crippen LogP contribution in [-0.4, -0.2) is 29.3 Å². The first-order valence-electron chi connectivity index (χ1n) is 3.57. The van der Waals surface area contributed by atoms with Gasteiger partial charge in [0, 0.05) is 12.4 Å². The highest BCUT2D eigenvalue weighted by Gasteiger charge is 2.23. The van der Waals surface area contributed by atoms with Crippen molar-refractivity contribution in [3.05, 3.63) is 17.5 Å². The molecule has 1 aliphatic rings. The normalized spacial score (nSPS) is 20.6. The van der Waals surface area contributed by atoms with Gasteiger partial charge in [0.2, 0.25) is 0 Å². The Labute approximate surface area is 74.5 Å². The van der Waals surface area contributed by atoms with Gasteiger partial charge in [0.15, 0.2) is 5.15 Å². The molecule has 0 saturated carbocycles. The largest absolute Gasteiger partial charge is 0.473 e. The Morgan fingerprint density at radius 1 is 1.58 bits per heavy atom. The third kappa shape index (κ3) is 1.84. The first-order valence-corrected chi connectivity index (χ1v) is 3.95. The van der Waals surface area contributed by atoms with Crippen LogP contribution in [-0.2, 0) is 4.74 Å². The van der Waals surface area contributed by atoms with Crippen molar-refractivity contribution in [2.45, 2.75) is 6.10 Å². The zero-order valence-corrected chi connectivity index (χ0v) is 6.99. The molecule has 0 radical (unpaired) electrons. The number of hydrogen-bond donors (Lipinski definition) is 0. The minimum Gasteiger partial charge on any atom is -0.473 e. The van der Waals surface area contributed by atoms with E-state index in [4.69, 9.17) is 21.1 Å². The van der Waals surface area contributed by atoms with Crippen molar-refractivity contribution >= 4 is 11.6 Å². The lowest BCUT2D eigenvalue weighted by Crippen LogP contribution is -2.05. The highest BCUT2D eigenvalue weighted by molar-refractivity contribution is 6.30. The van der Waals surface area contributed by atoms with Gasteiger partial charge in [0.25, 0.3) is 5.88 Å². The number of halogens is 1. The summed E-state index contributed by atoms with van der Waals surface area (Å²) >= 11 is 5.69. The predicted octanol–water partition coefficient (Wildman–Crippen LogP) is 0.908. The molecule has 1 saturated heterocycles. The van der Waals surface area contributed by atoms with Crippen LogP contribution < -0.4 is 4.74 Å². The van der Waals surface area contributed by atoms with E-state index >= 15 is 0 Å². The average Bonchev–Trinajstić information content (AvgIpc) is 2.86. The first kappa shape index (κ1) is 7.76. The predicted molar refractivity (Wildman–Crippen MR) is 42.3 cm³/mol. The maximum absolute atomic E-state index is 5.69. The molecule has 1 aliphatic heterocycles. The summed E-state index contributed by atoms with van der Waals surface area (Å²) in [5.41, 5.74) is 0. The van der Waals surface area contributed by atoms with Gasteiger partial charge in [0.05, 0.1) is 6.61 Å². The van der Waals surface area contributed by atoms with Crippen molar-refractivity contribution in [3.63, 3.8) is 0 Å². The van der Waals surface area contributed by atoms with Crippen LogP contribution in [0.1, 0.15) is 0 Å². The van der Waals surface area contributed by atoms with Crippen LogP contribution in [0.25, 0.3) is 0 Å². The van der Waals surface area contributed by atoms with Crippen molar-refractivity contribution < 1.29 is 9.47 Å². The average molecular weight is 187 g/mol. The Hall–Kier alpha value is -0.870. The monoisotopic (exact) mass is 186 g/mol. The van der Waals surface area contributed by atoms with E-state index < -0.39 is 0 Å². The van der Waals surface area contributed by atoms with Crippen LogP contribution in [0.4, 0.5) is 0 Å². The molecular formula is C7H7ClN2O2. The molecule has 0 amide bonds. The van der Waals surface area contributed by atoms with Crippen molar-refractivity contribution in [2.75, 3.05) is 13.2 Å². The lowest BCUT2D eigenvalue weighted by atomic mass is 10.5. The molecule has 2 rings (SSSR count). The van der Waals surface area contributed by atoms with Crippen molar-refractivity contribution in [1.82, 2.24) is 9.97 Å². The Kier molecular flexibility index (Phi) is 2.10. The smallest absolute Gasteiger partial charge is 0.252 e. The summed E-state index contributed by atoms with van der Waals surface area (Å²) in [5.74, 6) is 0.370. The summed E-state index contributed by atoms with van der Waals surface area (Å²) in [6.07, 6.45) is 3.26. The molecule has 64 valence electrons. The highest BCUT2D eigenvalue weighted by atomic mass is 35.5. The summed E-state index contributed by atoms with van der Waals surface area (Å²) in [6, 6.07) is 0. The Morgan fingerprint density at radius 2 is 2.33 bits per heavy atom. The van der Waals surface area contributed by atoms with E-state index in [1.54, 1.807) is 0 Å². The molecule has 2 heterocycles. The van der Waals surface area contributed by atoms with Crippen LogP contribution in [0.2, 0.25) is 5.15 Å². The second-order valence-corrected chi connectivity index (χ2v) is 2.78. The van der Waals surface area contributed by atoms with E-state index in [9.17, 15) is 0 Å². The fourth-order valence-corrected chi connectivity index (χ4v) is 0.901. The molecule has 1 fully saturated rings. The number of aromatic nitrogens is 2. The first-order chi connectivity index (χ1) is 5.86. The molecular weight excluding hydrogens is 180 g/mol. The maximum atomic E-state index is 5.69. The third-order valence-corrected chi connectivity index (χ3v) is 1.69. The molecule has 1 aromatic rings. The summed E-state index contributed by atoms with van der Waals surface area (Å²) in [4.78, 5) is 7.72. The fraction of sp³-hybridized carbons (Fsp3) is 0.429. The second-order valence-electron chi connectivity index (χ2n) is 2.42. The van der Waals surface area contributed by atoms with Gasteiger partial charge in [-0.2, -0.15) is 0 Å². The van der Waals surface area contributed by atoms with E-state index in [1.807, 2.05) is 0 Å². The van der Waals surface area contributed by atoms with Gasteiger partial charge in [-0.25, -0.2) is 9.97 Å². The Morgan fingerprint density at radius 3 is 3.00 bits per heavy atom. The molecule has 0 bridgehead atoms. The van der Waals surface area contributed by atoms with Gasteiger partial charge in [-0.3, -0.25) is 0 Å². The van der Waals surface area contributed by atoms with Crippen LogP contribution >= 0.6 is 11.6 Å². The Bertz CT molecular complexity index is 278. The van der Waals surface area contributed by atoms with Gasteiger partial charge in [0.1, 0.15) is 12.7 Å². The molecule has 0 N–H and O–H groups in total. The highest BCUT2D eigenvalue weighted by Crippen LogP contribution is 2.18. The van der Waals surface area contributed by atoms with Gasteiger partial charge in [-0.15, -0.1) is 0 Å². The number of ether oxygens (including phenoxy) is 2. The van der Waals surface area contributed by atoms with Crippen LogP contribution in [0.3, 0.4) is 0 Å². The quantitative estimate of drug-likeness (QED) is 0.659. The second kappa shape index (κ2) is 3.25. The van der Waals surface area contributed by atoms with E-state index in [-0.39, 0.29) is 11.3 Å². The molecule has 0 spiro atoms. The van der Waals surface area contributed by atoms with Crippen molar-refractivity contribution in [2.24, 2.45) is 0 Å². The van der Waals surface area contributed by atoms with Gasteiger partial charge < -0.3 is 9.47 Å². The summed E-state index contributed by atoms with van der Waals surface area (Å²) in [6.45, 7) is 1.26. The van der Waals surface area contributed by atoms with Crippen LogP contribution in [0.15, 0.2) is 12.4 Å². The minimum atomic E-state index is 0.211. The zero-order chi connectivity index (χ0) is 8.39. The van der Waals surface area contributed by atoms with Gasteiger partial charge in [-0.1, -0.05) is 11.6 Å². The summed E-state index contributed by atoms with van der Waals surface area (Å²) < 4.78 is 10.2. The topological polar surface area (TPSA) is 47.5 Å². The van der Waals surface area contributed by atoms with E-state index in [1.165, 1.54) is 12.4 Å². The molecule has 4 nitrogen and oxygen atoms in total. The molecule has 1 unspecified atom stereocenters. The molecule has 1 aromatic heterocycles. The SMILES string of the molecule is Clc1nccnc1OCC1CO1. The molecule has 1 atom stereocenters. The lowest BCUT2D eigenvalue weighted by Gasteiger charge is -2.02. The van der Waals surface area contributed by atoms with Gasteiger partial charge in [-0.05, 0) is 0 Å². The standard InChI is InChI=1S/C7H7ClN2O2/c8-6-7(10-2-1-9-6)12-4-5-3-11-5/h1-2,5H,3-4H2. The van der Waals surface area contributed by atoms with Crippen molar-refractivity contribution in [1.29, 1.82) is 0 Å². The molecule has 5 heteroatoms. The Balaban J connectivity index is 1.96. The lowest BCUT2D eigenvalue weighted by molar-refractivity contribution is 0.254. The summed E-state index contributed by atoms with van der Waals surface area (Å²) in [5, 5.41) is 0.290. The zero-order valence-electron chi connectivity index (χ0n) is 6.24. The maximum Gasteiger partial charge on any atom is 0.252 e. The third-order valence-electron chi connectivity index (χ3n) is 1.43. The number of nitrogens with zero attached hydrogens (tertiary/aromatic N) is 2. The van der Waals surface area contributed by atoms with Crippen molar-refractivity contribution in [3.8, 4) is 5.88 Å². The van der Waals surface area contributed by atoms with Crippen LogP contribution in [0.5, 0.6) is 5.88 Å². The van der Waals surface area contributed by atoms with E-state index in [2.05, 4.69) is 9.97 Å². The van der Waals surface area contributed by atoms with Gasteiger partial charge >= 0.3 is 0 Å². The van der Waals surface area contributed by atoms with Crippen LogP contribution in [0, 0.1) is 0 Å². The number of hydrogen-bond acceptors (Lipinski definition) is 4. The molecule has 0 aliphatic carbocycles.